The van der Waals surface area contributed by atoms with Crippen molar-refractivity contribution in [2.75, 3.05) is 24.1 Å². The van der Waals surface area contributed by atoms with Crippen LogP contribution >= 0.6 is 0 Å². The number of nitrogens with two attached hydrogens (primary N) is 1. The zero-order valence-electron chi connectivity index (χ0n) is 12.8. The molecular formula is C14H23N5O2. The summed E-state index contributed by atoms with van der Waals surface area (Å²) in [6.07, 6.45) is 3.21. The molecule has 0 spiro atoms. The second-order valence-corrected chi connectivity index (χ2v) is 6.21. The zero-order chi connectivity index (χ0) is 15.5. The molecule has 0 aromatic carbocycles. The highest BCUT2D eigenvalue weighted by Crippen LogP contribution is 2.17. The Hall–Kier alpha value is -2.05. The van der Waals surface area contributed by atoms with Gasteiger partial charge in [-0.25, -0.2) is 9.78 Å². The van der Waals surface area contributed by atoms with E-state index < -0.39 is 5.60 Å². The number of rotatable bonds is 2. The van der Waals surface area contributed by atoms with Crippen LogP contribution in [-0.2, 0) is 4.74 Å². The number of likely N-dealkylation sites (tertiary alicyclic amines) is 1. The average Bonchev–Trinajstić information content (AvgIpc) is 2.37. The molecule has 0 saturated carbocycles. The summed E-state index contributed by atoms with van der Waals surface area (Å²) in [7, 11) is 0. The van der Waals surface area contributed by atoms with E-state index in [9.17, 15) is 4.79 Å². The molecule has 116 valence electrons. The second-order valence-electron chi connectivity index (χ2n) is 6.21. The number of amides is 1. The Morgan fingerprint density at radius 1 is 1.52 bits per heavy atom. The molecule has 1 aromatic rings. The van der Waals surface area contributed by atoms with Gasteiger partial charge in [-0.1, -0.05) is 0 Å². The van der Waals surface area contributed by atoms with E-state index in [4.69, 9.17) is 10.5 Å². The highest BCUT2D eigenvalue weighted by molar-refractivity contribution is 5.68. The largest absolute Gasteiger partial charge is 0.444 e. The van der Waals surface area contributed by atoms with Crippen LogP contribution < -0.4 is 11.1 Å². The fourth-order valence-electron chi connectivity index (χ4n) is 2.21. The monoisotopic (exact) mass is 293 g/mol. The third-order valence-electron chi connectivity index (χ3n) is 3.08. The van der Waals surface area contributed by atoms with Crippen molar-refractivity contribution in [2.45, 2.75) is 45.3 Å². The number of nitrogens with zero attached hydrogens (tertiary/aromatic N) is 3. The molecular weight excluding hydrogens is 270 g/mol. The SMILES string of the molecule is CC(C)(C)OC(=O)N1CCCC(Nc2nccc(N)n2)C1. The Morgan fingerprint density at radius 3 is 2.95 bits per heavy atom. The molecule has 1 saturated heterocycles. The molecule has 1 aliphatic heterocycles. The van der Waals surface area contributed by atoms with Gasteiger partial charge in [-0.05, 0) is 39.7 Å². The van der Waals surface area contributed by atoms with Crippen molar-refractivity contribution in [3.05, 3.63) is 12.3 Å². The van der Waals surface area contributed by atoms with Crippen LogP contribution in [0.5, 0.6) is 0 Å². The summed E-state index contributed by atoms with van der Waals surface area (Å²) >= 11 is 0. The highest BCUT2D eigenvalue weighted by Gasteiger charge is 2.27. The molecule has 7 heteroatoms. The zero-order valence-corrected chi connectivity index (χ0v) is 12.8. The quantitative estimate of drug-likeness (QED) is 0.864. The van der Waals surface area contributed by atoms with Crippen molar-refractivity contribution in [1.29, 1.82) is 0 Å². The lowest BCUT2D eigenvalue weighted by Gasteiger charge is -2.34. The lowest BCUT2D eigenvalue weighted by atomic mass is 10.1. The molecule has 0 radical (unpaired) electrons. The molecule has 7 nitrogen and oxygen atoms in total. The van der Waals surface area contributed by atoms with Crippen LogP contribution in [0.4, 0.5) is 16.6 Å². The number of carbonyl (C=O) groups is 1. The van der Waals surface area contributed by atoms with Gasteiger partial charge < -0.3 is 20.7 Å². The second kappa shape index (κ2) is 6.15. The summed E-state index contributed by atoms with van der Waals surface area (Å²) < 4.78 is 5.40. The van der Waals surface area contributed by atoms with E-state index in [0.717, 1.165) is 12.8 Å². The van der Waals surface area contributed by atoms with E-state index >= 15 is 0 Å². The number of aromatic nitrogens is 2. The minimum Gasteiger partial charge on any atom is -0.444 e. The number of hydrogen-bond donors (Lipinski definition) is 2. The van der Waals surface area contributed by atoms with E-state index in [2.05, 4.69) is 15.3 Å². The normalized spacial score (nSPS) is 19.2. The van der Waals surface area contributed by atoms with Crippen molar-refractivity contribution >= 4 is 17.9 Å². The van der Waals surface area contributed by atoms with Crippen molar-refractivity contribution in [2.24, 2.45) is 0 Å². The van der Waals surface area contributed by atoms with E-state index in [-0.39, 0.29) is 12.1 Å². The Labute approximate surface area is 124 Å². The van der Waals surface area contributed by atoms with E-state index in [0.29, 0.717) is 24.9 Å². The van der Waals surface area contributed by atoms with Gasteiger partial charge in [0.15, 0.2) is 0 Å². The number of ether oxygens (including phenoxy) is 1. The third-order valence-corrected chi connectivity index (χ3v) is 3.08. The summed E-state index contributed by atoms with van der Waals surface area (Å²) in [4.78, 5) is 22.1. The molecule has 1 aromatic heterocycles. The molecule has 1 amide bonds. The van der Waals surface area contributed by atoms with Crippen molar-refractivity contribution in [3.8, 4) is 0 Å². The number of anilines is 2. The molecule has 1 aliphatic rings. The van der Waals surface area contributed by atoms with Gasteiger partial charge in [0.05, 0.1) is 0 Å². The molecule has 2 rings (SSSR count). The minimum absolute atomic E-state index is 0.105. The predicted molar refractivity (Wildman–Crippen MR) is 80.9 cm³/mol. The smallest absolute Gasteiger partial charge is 0.410 e. The lowest BCUT2D eigenvalue weighted by molar-refractivity contribution is 0.0206. The first-order chi connectivity index (χ1) is 9.83. The number of nitrogen functional groups attached to an aromatic ring is 1. The van der Waals surface area contributed by atoms with Gasteiger partial charge >= 0.3 is 6.09 Å². The molecule has 0 bridgehead atoms. The van der Waals surface area contributed by atoms with Gasteiger partial charge in [-0.15, -0.1) is 0 Å². The molecule has 2 heterocycles. The predicted octanol–water partition coefficient (Wildman–Crippen LogP) is 1.87. The summed E-state index contributed by atoms with van der Waals surface area (Å²) in [5.74, 6) is 0.915. The van der Waals surface area contributed by atoms with Crippen LogP contribution in [0.1, 0.15) is 33.6 Å². The fraction of sp³-hybridized carbons (Fsp3) is 0.643. The number of piperidine rings is 1. The average molecular weight is 293 g/mol. The summed E-state index contributed by atoms with van der Waals surface area (Å²) in [5, 5.41) is 3.22. The van der Waals surface area contributed by atoms with Gasteiger partial charge in [0, 0.05) is 25.3 Å². The van der Waals surface area contributed by atoms with Gasteiger partial charge in [0.2, 0.25) is 5.95 Å². The van der Waals surface area contributed by atoms with Crippen LogP contribution in [0.15, 0.2) is 12.3 Å². The fourth-order valence-corrected chi connectivity index (χ4v) is 2.21. The Bertz CT molecular complexity index is 500. The Kier molecular flexibility index (Phi) is 4.50. The lowest BCUT2D eigenvalue weighted by Crippen LogP contribution is -2.47. The summed E-state index contributed by atoms with van der Waals surface area (Å²) in [6, 6.07) is 1.74. The summed E-state index contributed by atoms with van der Waals surface area (Å²) in [5.41, 5.74) is 5.16. The number of carbonyl (C=O) groups excluding carboxylic acids is 1. The van der Waals surface area contributed by atoms with Crippen LogP contribution in [0.25, 0.3) is 0 Å². The topological polar surface area (TPSA) is 93.4 Å². The molecule has 1 atom stereocenters. The maximum atomic E-state index is 12.1. The van der Waals surface area contributed by atoms with E-state index in [1.165, 1.54) is 0 Å². The standard InChI is InChI=1S/C14H23N5O2/c1-14(2,3)21-13(20)19-8-4-5-10(9-19)17-12-16-7-6-11(15)18-12/h6-7,10H,4-5,8-9H2,1-3H3,(H3,15,16,17,18). The molecule has 3 N–H and O–H groups in total. The van der Waals surface area contributed by atoms with Gasteiger partial charge in [0.25, 0.3) is 0 Å². The number of hydrogen-bond acceptors (Lipinski definition) is 6. The first-order valence-electron chi connectivity index (χ1n) is 7.16. The maximum Gasteiger partial charge on any atom is 0.410 e. The Balaban J connectivity index is 1.93. The third kappa shape index (κ3) is 4.77. The summed E-state index contributed by atoms with van der Waals surface area (Å²) in [6.45, 7) is 6.89. The first kappa shape index (κ1) is 15.3. The maximum absolute atomic E-state index is 12.1. The first-order valence-corrected chi connectivity index (χ1v) is 7.16. The van der Waals surface area contributed by atoms with Gasteiger partial charge in [-0.2, -0.15) is 4.98 Å². The van der Waals surface area contributed by atoms with Gasteiger partial charge in [0.1, 0.15) is 11.4 Å². The van der Waals surface area contributed by atoms with Crippen LogP contribution in [0, 0.1) is 0 Å². The molecule has 1 unspecified atom stereocenters. The highest BCUT2D eigenvalue weighted by atomic mass is 16.6. The Morgan fingerprint density at radius 2 is 2.29 bits per heavy atom. The number of nitrogens with one attached hydrogen (secondary N) is 1. The van der Waals surface area contributed by atoms with E-state index in [1.54, 1.807) is 17.2 Å². The van der Waals surface area contributed by atoms with Crippen LogP contribution in [0.3, 0.4) is 0 Å². The molecule has 21 heavy (non-hydrogen) atoms. The molecule has 1 fully saturated rings. The van der Waals surface area contributed by atoms with E-state index in [1.807, 2.05) is 20.8 Å². The van der Waals surface area contributed by atoms with Crippen molar-refractivity contribution in [1.82, 2.24) is 14.9 Å². The molecule has 0 aliphatic carbocycles. The van der Waals surface area contributed by atoms with Crippen LogP contribution in [0.2, 0.25) is 0 Å². The van der Waals surface area contributed by atoms with Crippen molar-refractivity contribution in [3.63, 3.8) is 0 Å². The van der Waals surface area contributed by atoms with Crippen LogP contribution in [-0.4, -0.2) is 45.7 Å². The van der Waals surface area contributed by atoms with Crippen molar-refractivity contribution < 1.29 is 9.53 Å². The van der Waals surface area contributed by atoms with Gasteiger partial charge in [-0.3, -0.25) is 0 Å². The minimum atomic E-state index is -0.478.